The van der Waals surface area contributed by atoms with Crippen LogP contribution in [0.25, 0.3) is 0 Å². The van der Waals surface area contributed by atoms with Crippen molar-refractivity contribution in [2.24, 2.45) is 0 Å². The number of methoxy groups -OCH3 is 1. The maximum Gasteiger partial charge on any atom is 0.337 e. The van der Waals surface area contributed by atoms with Gasteiger partial charge in [-0.25, -0.2) is 9.18 Å². The number of carboxylic acids is 1. The summed E-state index contributed by atoms with van der Waals surface area (Å²) < 4.78 is 19.0. The maximum atomic E-state index is 13.6. The van der Waals surface area contributed by atoms with Gasteiger partial charge in [0.25, 0.3) is 0 Å². The number of carboxylic acid groups (broad SMARTS) is 1. The molecule has 4 nitrogen and oxygen atoms in total. The van der Waals surface area contributed by atoms with Crippen molar-refractivity contribution >= 4 is 11.7 Å². The van der Waals surface area contributed by atoms with Crippen LogP contribution in [0.2, 0.25) is 0 Å². The van der Waals surface area contributed by atoms with Gasteiger partial charge in [0.05, 0.1) is 16.9 Å². The molecule has 0 bridgehead atoms. The van der Waals surface area contributed by atoms with Crippen LogP contribution < -0.4 is 5.32 Å². The lowest BCUT2D eigenvalue weighted by atomic mass is 9.80. The van der Waals surface area contributed by atoms with E-state index in [2.05, 4.69) is 5.32 Å². The summed E-state index contributed by atoms with van der Waals surface area (Å²) in [5.74, 6) is -1.70. The number of ether oxygens (including phenoxy) is 1. The van der Waals surface area contributed by atoms with E-state index < -0.39 is 11.8 Å². The largest absolute Gasteiger partial charge is 0.478 e. The van der Waals surface area contributed by atoms with Gasteiger partial charge in [-0.05, 0) is 31.4 Å². The third-order valence-corrected chi connectivity index (χ3v) is 3.53. The molecule has 98 valence electrons. The van der Waals surface area contributed by atoms with Crippen LogP contribution in [0.15, 0.2) is 18.2 Å². The molecular formula is C13H16FNO3. The monoisotopic (exact) mass is 253 g/mol. The predicted molar refractivity (Wildman–Crippen MR) is 65.4 cm³/mol. The molecule has 0 saturated heterocycles. The lowest BCUT2D eigenvalue weighted by Crippen LogP contribution is -2.45. The minimum atomic E-state index is -1.14. The lowest BCUT2D eigenvalue weighted by Gasteiger charge is -2.40. The molecule has 2 rings (SSSR count). The first-order chi connectivity index (χ1) is 8.58. The molecule has 1 aliphatic carbocycles. The number of hydrogen-bond donors (Lipinski definition) is 2. The van der Waals surface area contributed by atoms with Gasteiger partial charge in [0.15, 0.2) is 0 Å². The van der Waals surface area contributed by atoms with Gasteiger partial charge in [0, 0.05) is 13.7 Å². The summed E-state index contributed by atoms with van der Waals surface area (Å²) in [6, 6.07) is 4.02. The van der Waals surface area contributed by atoms with Crippen LogP contribution in [0, 0.1) is 5.82 Å². The molecule has 0 radical (unpaired) electrons. The van der Waals surface area contributed by atoms with E-state index in [-0.39, 0.29) is 16.9 Å². The molecular weight excluding hydrogens is 237 g/mol. The van der Waals surface area contributed by atoms with Crippen molar-refractivity contribution < 1.29 is 19.0 Å². The maximum absolute atomic E-state index is 13.6. The second-order valence-corrected chi connectivity index (χ2v) is 4.56. The zero-order chi connectivity index (χ0) is 13.2. The summed E-state index contributed by atoms with van der Waals surface area (Å²) in [5, 5.41) is 11.9. The smallest absolute Gasteiger partial charge is 0.337 e. The van der Waals surface area contributed by atoms with Crippen molar-refractivity contribution in [2.45, 2.75) is 24.9 Å². The van der Waals surface area contributed by atoms with Gasteiger partial charge >= 0.3 is 5.97 Å². The van der Waals surface area contributed by atoms with Gasteiger partial charge in [-0.1, -0.05) is 6.07 Å². The Bertz CT molecular complexity index is 452. The summed E-state index contributed by atoms with van der Waals surface area (Å²) in [7, 11) is 1.63. The van der Waals surface area contributed by atoms with Gasteiger partial charge < -0.3 is 15.2 Å². The molecule has 0 heterocycles. The van der Waals surface area contributed by atoms with Crippen molar-refractivity contribution in [1.29, 1.82) is 0 Å². The Morgan fingerprint density at radius 2 is 2.28 bits per heavy atom. The SMILES string of the molecule is COC1(CNc2c(F)cccc2C(=O)O)CCC1. The van der Waals surface area contributed by atoms with E-state index in [9.17, 15) is 9.18 Å². The van der Waals surface area contributed by atoms with Crippen LogP contribution in [-0.2, 0) is 4.74 Å². The van der Waals surface area contributed by atoms with Crippen molar-refractivity contribution in [3.63, 3.8) is 0 Å². The Labute approximate surface area is 105 Å². The highest BCUT2D eigenvalue weighted by Crippen LogP contribution is 2.35. The van der Waals surface area contributed by atoms with Gasteiger partial charge in [-0.2, -0.15) is 0 Å². The molecule has 0 aromatic heterocycles. The van der Waals surface area contributed by atoms with Gasteiger partial charge in [-0.3, -0.25) is 0 Å². The zero-order valence-electron chi connectivity index (χ0n) is 10.2. The van der Waals surface area contributed by atoms with Crippen LogP contribution in [0.4, 0.5) is 10.1 Å². The highest BCUT2D eigenvalue weighted by atomic mass is 19.1. The molecule has 2 N–H and O–H groups in total. The van der Waals surface area contributed by atoms with E-state index in [1.165, 1.54) is 18.2 Å². The van der Waals surface area contributed by atoms with Gasteiger partial charge in [0.1, 0.15) is 5.82 Å². The molecule has 0 atom stereocenters. The normalized spacial score (nSPS) is 17.0. The summed E-state index contributed by atoms with van der Waals surface area (Å²) in [6.45, 7) is 0.421. The number of rotatable bonds is 5. The summed E-state index contributed by atoms with van der Waals surface area (Å²) in [4.78, 5) is 11.0. The molecule has 5 heteroatoms. The number of hydrogen-bond acceptors (Lipinski definition) is 3. The fraction of sp³-hybridized carbons (Fsp3) is 0.462. The van der Waals surface area contributed by atoms with Crippen molar-refractivity contribution in [1.82, 2.24) is 0 Å². The van der Waals surface area contributed by atoms with E-state index in [0.717, 1.165) is 19.3 Å². The molecule has 18 heavy (non-hydrogen) atoms. The second-order valence-electron chi connectivity index (χ2n) is 4.56. The summed E-state index contributed by atoms with van der Waals surface area (Å²) in [6.07, 6.45) is 2.90. The van der Waals surface area contributed by atoms with E-state index in [0.29, 0.717) is 6.54 Å². The number of nitrogens with one attached hydrogen (secondary N) is 1. The quantitative estimate of drug-likeness (QED) is 0.846. The molecule has 1 aliphatic rings. The third-order valence-electron chi connectivity index (χ3n) is 3.53. The number of halogens is 1. The molecule has 0 amide bonds. The Morgan fingerprint density at radius 3 is 2.78 bits per heavy atom. The van der Waals surface area contributed by atoms with Gasteiger partial charge in [0.2, 0.25) is 0 Å². The van der Waals surface area contributed by atoms with Crippen molar-refractivity contribution in [3.8, 4) is 0 Å². The van der Waals surface area contributed by atoms with Crippen LogP contribution in [-0.4, -0.2) is 30.3 Å². The van der Waals surface area contributed by atoms with E-state index in [1.54, 1.807) is 7.11 Å². The Balaban J connectivity index is 2.15. The van der Waals surface area contributed by atoms with Crippen molar-refractivity contribution in [3.05, 3.63) is 29.6 Å². The average molecular weight is 253 g/mol. The number of anilines is 1. The zero-order valence-corrected chi connectivity index (χ0v) is 10.2. The summed E-state index contributed by atoms with van der Waals surface area (Å²) in [5.41, 5.74) is -0.299. The van der Waals surface area contributed by atoms with E-state index in [4.69, 9.17) is 9.84 Å². The Hall–Kier alpha value is -1.62. The Morgan fingerprint density at radius 1 is 1.56 bits per heavy atom. The van der Waals surface area contributed by atoms with E-state index >= 15 is 0 Å². The average Bonchev–Trinajstić information content (AvgIpc) is 2.29. The highest BCUT2D eigenvalue weighted by Gasteiger charge is 2.37. The second kappa shape index (κ2) is 4.94. The minimum absolute atomic E-state index is 0.0355. The van der Waals surface area contributed by atoms with Crippen molar-refractivity contribution in [2.75, 3.05) is 19.0 Å². The lowest BCUT2D eigenvalue weighted by molar-refractivity contribution is -0.0601. The number of para-hydroxylation sites is 1. The first-order valence-corrected chi connectivity index (χ1v) is 5.89. The van der Waals surface area contributed by atoms with Crippen LogP contribution in [0.5, 0.6) is 0 Å². The predicted octanol–water partition coefficient (Wildman–Crippen LogP) is 2.50. The van der Waals surface area contributed by atoms with Crippen LogP contribution in [0.1, 0.15) is 29.6 Å². The molecule has 1 fully saturated rings. The van der Waals surface area contributed by atoms with E-state index in [1.807, 2.05) is 0 Å². The highest BCUT2D eigenvalue weighted by molar-refractivity contribution is 5.94. The van der Waals surface area contributed by atoms with Crippen LogP contribution >= 0.6 is 0 Å². The fourth-order valence-corrected chi connectivity index (χ4v) is 2.16. The number of aromatic carboxylic acids is 1. The number of carbonyl (C=O) groups is 1. The molecule has 1 aromatic carbocycles. The van der Waals surface area contributed by atoms with Gasteiger partial charge in [-0.15, -0.1) is 0 Å². The topological polar surface area (TPSA) is 58.6 Å². The molecule has 0 spiro atoms. The summed E-state index contributed by atoms with van der Waals surface area (Å²) >= 11 is 0. The Kier molecular flexibility index (Phi) is 3.52. The molecule has 1 saturated carbocycles. The first kappa shape index (κ1) is 12.8. The fourth-order valence-electron chi connectivity index (χ4n) is 2.16. The van der Waals surface area contributed by atoms with Crippen LogP contribution in [0.3, 0.4) is 0 Å². The molecule has 1 aromatic rings. The number of benzene rings is 1. The molecule has 0 aliphatic heterocycles. The molecule has 0 unspecified atom stereocenters. The first-order valence-electron chi connectivity index (χ1n) is 5.89. The third kappa shape index (κ3) is 2.31. The minimum Gasteiger partial charge on any atom is -0.478 e. The standard InChI is InChI=1S/C13H16FNO3/c1-18-13(6-3-7-13)8-15-11-9(12(16)17)4-2-5-10(11)14/h2,4-5,15H,3,6-8H2,1H3,(H,16,17).